The molecule has 0 aliphatic carbocycles. The molecule has 0 atom stereocenters. The number of aromatic nitrogens is 6. The van der Waals surface area contributed by atoms with Crippen molar-refractivity contribution in [2.24, 2.45) is 0 Å². The first-order valence-corrected chi connectivity index (χ1v) is 30.6. The first kappa shape index (κ1) is 59.1. The second-order valence-electron chi connectivity index (χ2n) is 21.6. The van der Waals surface area contributed by atoms with Gasteiger partial charge in [-0.1, -0.05) is 214 Å². The summed E-state index contributed by atoms with van der Waals surface area (Å²) in [5.74, 6) is 3.49. The molecule has 0 aliphatic heterocycles. The second kappa shape index (κ2) is 27.6. The van der Waals surface area contributed by atoms with Crippen LogP contribution in [0.5, 0.6) is 23.0 Å². The molecule has 10 nitrogen and oxygen atoms in total. The van der Waals surface area contributed by atoms with Crippen LogP contribution in [0.4, 0.5) is 0 Å². The van der Waals surface area contributed by atoms with Gasteiger partial charge in [0.25, 0.3) is 0 Å². The summed E-state index contributed by atoms with van der Waals surface area (Å²) in [6.07, 6.45) is 9.98. The molecule has 0 amide bonds. The molecule has 0 aliphatic rings. The summed E-state index contributed by atoms with van der Waals surface area (Å²) in [6.45, 7) is 13.4. The molecule has 12 rings (SSSR count). The predicted octanol–water partition coefficient (Wildman–Crippen LogP) is 19.6. The Morgan fingerprint density at radius 1 is 0.329 bits per heavy atom. The number of unbranched alkanes of at least 4 members (excludes halogenated alkanes) is 6. The fraction of sp³-hybridized carbons (Fsp3) is 0.216. The van der Waals surface area contributed by atoms with Crippen molar-refractivity contribution in [1.82, 2.24) is 29.9 Å². The number of benzene rings is 10. The maximum absolute atomic E-state index is 11.1. The van der Waals surface area contributed by atoms with Crippen molar-refractivity contribution in [3.8, 4) is 91.3 Å². The smallest absolute Gasteiger partial charge is 0.167 e. The molecule has 0 fully saturated rings. The Bertz CT molecular complexity index is 4130. The number of hydrogen-bond donors (Lipinski definition) is 3. The lowest BCUT2D eigenvalue weighted by atomic mass is 9.99. The van der Waals surface area contributed by atoms with E-state index in [9.17, 15) is 15.3 Å². The normalized spacial score (nSPS) is 11.1. The molecule has 0 bridgehead atoms. The molecule has 2 heterocycles. The van der Waals surface area contributed by atoms with Gasteiger partial charge in [0.2, 0.25) is 0 Å². The van der Waals surface area contributed by atoms with Gasteiger partial charge in [0.05, 0.1) is 17.7 Å². The van der Waals surface area contributed by atoms with E-state index in [4.69, 9.17) is 34.6 Å². The molecule has 0 saturated heterocycles. The van der Waals surface area contributed by atoms with E-state index in [2.05, 4.69) is 142 Å². The third-order valence-electron chi connectivity index (χ3n) is 15.5. The van der Waals surface area contributed by atoms with Gasteiger partial charge in [0.1, 0.15) is 23.0 Å². The van der Waals surface area contributed by atoms with E-state index in [1.807, 2.05) is 72.8 Å². The molecule has 0 unspecified atom stereocenters. The Hall–Kier alpha value is -9.06. The number of phenols is 3. The molecule has 0 spiro atoms. The van der Waals surface area contributed by atoms with Crippen molar-refractivity contribution in [2.45, 2.75) is 92.9 Å². The van der Waals surface area contributed by atoms with Gasteiger partial charge >= 0.3 is 0 Å². The average Bonchev–Trinajstić information content (AvgIpc) is 1.54. The first-order chi connectivity index (χ1) is 41.4. The summed E-state index contributed by atoms with van der Waals surface area (Å²) in [5.41, 5.74) is 9.29. The molecule has 428 valence electrons. The van der Waals surface area contributed by atoms with Crippen LogP contribution in [0.25, 0.3) is 111 Å². The number of nitrogens with zero attached hydrogens (tertiary/aromatic N) is 6. The van der Waals surface area contributed by atoms with Crippen LogP contribution in [0.15, 0.2) is 182 Å². The van der Waals surface area contributed by atoms with Crippen LogP contribution < -0.4 is 4.74 Å². The van der Waals surface area contributed by atoms with Crippen LogP contribution in [0.1, 0.15) is 87.5 Å². The topological polar surface area (TPSA) is 147 Å². The summed E-state index contributed by atoms with van der Waals surface area (Å²) in [6, 6.07) is 59.4. The Labute approximate surface area is 506 Å². The highest BCUT2D eigenvalue weighted by atomic mass is 79.9. The molecule has 3 N–H and O–H groups in total. The van der Waals surface area contributed by atoms with Crippen LogP contribution in [-0.4, -0.2) is 57.2 Å². The fourth-order valence-electron chi connectivity index (χ4n) is 10.8. The zero-order valence-corrected chi connectivity index (χ0v) is 50.8. The van der Waals surface area contributed by atoms with Crippen LogP contribution in [0, 0.1) is 27.7 Å². The predicted molar refractivity (Wildman–Crippen MR) is 354 cm³/mol. The summed E-state index contributed by atoms with van der Waals surface area (Å²) in [7, 11) is 0. The van der Waals surface area contributed by atoms with Crippen molar-refractivity contribution >= 4 is 59.0 Å². The van der Waals surface area contributed by atoms with E-state index in [1.54, 1.807) is 12.1 Å². The van der Waals surface area contributed by atoms with E-state index in [0.29, 0.717) is 58.4 Å². The molecule has 0 radical (unpaired) electrons. The SMILES string of the molecule is CCCCCCBr.CCCCCCOc1ccc(-c2nc(-c3ccc(C)c4ccccc34)nc(-c3ccc(C)c4ccccc34)n2)c(O)c1.Cc1ccc(-c2nc(-c3ccc(O)cc3O)nc(-c3ccc(C)c4ccccc34)n2)c2ccccc12. The van der Waals surface area contributed by atoms with E-state index in [1.165, 1.54) is 78.2 Å². The van der Waals surface area contributed by atoms with E-state index in [0.717, 1.165) is 78.2 Å². The van der Waals surface area contributed by atoms with Crippen LogP contribution in [0.3, 0.4) is 0 Å². The molecule has 10 aromatic carbocycles. The van der Waals surface area contributed by atoms with E-state index in [-0.39, 0.29) is 17.2 Å². The van der Waals surface area contributed by atoms with Gasteiger partial charge in [-0.05, 0) is 130 Å². The molecule has 2 aromatic heterocycles. The average molecular weight is 1190 g/mol. The summed E-state index contributed by atoms with van der Waals surface area (Å²) < 4.78 is 5.92. The number of ether oxygens (including phenoxy) is 1. The summed E-state index contributed by atoms with van der Waals surface area (Å²) in [4.78, 5) is 29.5. The Morgan fingerprint density at radius 3 is 0.965 bits per heavy atom. The van der Waals surface area contributed by atoms with Gasteiger partial charge in [0, 0.05) is 39.7 Å². The standard InChI is InChI=1S/C37H35N3O2.C31H23N3O2.C6H13Br/c1-4-5-6-11-22-42-26-18-21-33(34(41)23-26)37-39-35(31-19-16-24(2)27-12-7-9-14-29(27)31)38-36(40-37)32-20-17-25(3)28-13-8-10-15-30(28)32;1-18-11-14-25(23-9-5-3-7-21(18)23)29-32-30(26-15-12-19(2)22-8-4-6-10-24(22)26)34-31(33-29)27-16-13-20(35)17-28(27)36;1-2-3-4-5-6-7/h7-10,12-21,23,41H,4-6,11,22H2,1-3H3;3-17,35-36H,1-2H3;2-6H2,1H3. The van der Waals surface area contributed by atoms with Gasteiger partial charge in [-0.15, -0.1) is 0 Å². The highest BCUT2D eigenvalue weighted by molar-refractivity contribution is 9.09. The maximum atomic E-state index is 11.1. The van der Waals surface area contributed by atoms with Gasteiger partial charge < -0.3 is 20.1 Å². The zero-order chi connectivity index (χ0) is 59.4. The number of aryl methyl sites for hydroxylation is 4. The van der Waals surface area contributed by atoms with Crippen molar-refractivity contribution in [2.75, 3.05) is 11.9 Å². The number of rotatable bonds is 16. The van der Waals surface area contributed by atoms with E-state index >= 15 is 0 Å². The van der Waals surface area contributed by atoms with Gasteiger partial charge in [-0.2, -0.15) is 0 Å². The summed E-state index contributed by atoms with van der Waals surface area (Å²) >= 11 is 3.38. The van der Waals surface area contributed by atoms with Crippen molar-refractivity contribution in [3.63, 3.8) is 0 Å². The van der Waals surface area contributed by atoms with Crippen LogP contribution in [-0.2, 0) is 0 Å². The lowest BCUT2D eigenvalue weighted by Gasteiger charge is -2.14. The van der Waals surface area contributed by atoms with Crippen molar-refractivity contribution in [1.29, 1.82) is 0 Å². The molecular weight excluding hydrogens is 1120 g/mol. The highest BCUT2D eigenvalue weighted by Gasteiger charge is 2.21. The number of alkyl halides is 1. The Balaban J connectivity index is 0.000000171. The second-order valence-corrected chi connectivity index (χ2v) is 22.3. The van der Waals surface area contributed by atoms with Crippen LogP contribution in [0.2, 0.25) is 0 Å². The molecular formula is C74H71BrN6O4. The fourth-order valence-corrected chi connectivity index (χ4v) is 11.2. The highest BCUT2D eigenvalue weighted by Crippen LogP contribution is 2.39. The summed E-state index contributed by atoms with van der Waals surface area (Å²) in [5, 5.41) is 41.6. The number of fused-ring (bicyclic) bond motifs is 4. The molecule has 85 heavy (non-hydrogen) atoms. The number of hydrogen-bond acceptors (Lipinski definition) is 10. The Kier molecular flexibility index (Phi) is 19.2. The maximum Gasteiger partial charge on any atom is 0.167 e. The number of phenolic OH excluding ortho intramolecular Hbond substituents is 3. The third kappa shape index (κ3) is 13.5. The third-order valence-corrected chi connectivity index (χ3v) is 16.0. The Morgan fingerprint density at radius 2 is 0.635 bits per heavy atom. The molecule has 12 aromatic rings. The quantitative estimate of drug-likeness (QED) is 0.0631. The van der Waals surface area contributed by atoms with Gasteiger partial charge in [-0.25, -0.2) is 29.9 Å². The number of aromatic hydroxyl groups is 3. The number of halogens is 1. The molecule has 11 heteroatoms. The van der Waals surface area contributed by atoms with Crippen molar-refractivity contribution < 1.29 is 20.1 Å². The van der Waals surface area contributed by atoms with Gasteiger partial charge in [0.15, 0.2) is 34.9 Å². The minimum atomic E-state index is -0.0966. The monoisotopic (exact) mass is 1190 g/mol. The largest absolute Gasteiger partial charge is 0.508 e. The minimum Gasteiger partial charge on any atom is -0.508 e. The van der Waals surface area contributed by atoms with Gasteiger partial charge in [-0.3, -0.25) is 0 Å². The molecule has 0 saturated carbocycles. The first-order valence-electron chi connectivity index (χ1n) is 29.5. The van der Waals surface area contributed by atoms with Crippen molar-refractivity contribution in [3.05, 3.63) is 204 Å². The zero-order valence-electron chi connectivity index (χ0n) is 49.2. The minimum absolute atomic E-state index is 0.0280. The lowest BCUT2D eigenvalue weighted by molar-refractivity contribution is 0.303. The lowest BCUT2D eigenvalue weighted by Crippen LogP contribution is -2.02. The van der Waals surface area contributed by atoms with Crippen LogP contribution >= 0.6 is 15.9 Å². The van der Waals surface area contributed by atoms with E-state index < -0.39 is 0 Å².